The molecule has 6 heteroatoms. The summed E-state index contributed by atoms with van der Waals surface area (Å²) in [6, 6.07) is 5.19. The summed E-state index contributed by atoms with van der Waals surface area (Å²) in [5.74, 6) is 1.49. The fourth-order valence-electron chi connectivity index (χ4n) is 3.50. The van der Waals surface area contributed by atoms with Crippen molar-refractivity contribution in [2.75, 3.05) is 19.7 Å². The van der Waals surface area contributed by atoms with E-state index in [9.17, 15) is 9.59 Å². The fourth-order valence-corrected chi connectivity index (χ4v) is 3.73. The second-order valence-electron chi connectivity index (χ2n) is 6.60. The van der Waals surface area contributed by atoms with Gasteiger partial charge in [0, 0.05) is 31.5 Å². The third-order valence-electron chi connectivity index (χ3n) is 4.75. The van der Waals surface area contributed by atoms with Crippen molar-refractivity contribution < 1.29 is 14.3 Å². The van der Waals surface area contributed by atoms with Gasteiger partial charge in [0.15, 0.2) is 0 Å². The first kappa shape index (κ1) is 17.1. The van der Waals surface area contributed by atoms with Gasteiger partial charge < -0.3 is 15.0 Å². The number of carbonyl (C=O) groups excluding carboxylic acids is 2. The maximum atomic E-state index is 12.8. The second-order valence-corrected chi connectivity index (χ2v) is 7.00. The van der Waals surface area contributed by atoms with E-state index < -0.39 is 0 Å². The van der Waals surface area contributed by atoms with E-state index in [1.54, 1.807) is 18.2 Å². The first-order valence-electron chi connectivity index (χ1n) is 8.48. The summed E-state index contributed by atoms with van der Waals surface area (Å²) in [6.07, 6.45) is 2.38. The summed E-state index contributed by atoms with van der Waals surface area (Å²) in [6.45, 7) is 5.20. The minimum absolute atomic E-state index is 0.0379. The molecule has 2 fully saturated rings. The van der Waals surface area contributed by atoms with Crippen molar-refractivity contribution in [2.24, 2.45) is 11.8 Å². The van der Waals surface area contributed by atoms with Crippen LogP contribution in [0.25, 0.3) is 0 Å². The van der Waals surface area contributed by atoms with Gasteiger partial charge >= 0.3 is 0 Å². The average molecular weight is 351 g/mol. The van der Waals surface area contributed by atoms with Crippen LogP contribution < -0.4 is 10.1 Å². The molecule has 2 atom stereocenters. The van der Waals surface area contributed by atoms with E-state index in [2.05, 4.69) is 5.32 Å². The number of likely N-dealkylation sites (tertiary alicyclic amines) is 1. The van der Waals surface area contributed by atoms with Gasteiger partial charge in [0.05, 0.1) is 17.7 Å². The van der Waals surface area contributed by atoms with Crippen LogP contribution in [0.3, 0.4) is 0 Å². The van der Waals surface area contributed by atoms with Crippen molar-refractivity contribution in [1.82, 2.24) is 10.2 Å². The SMILES string of the molecule is CCOc1ccc(C(=O)N2C[C@H](NC(C)=O)[C@@H](C3CC3)C2)cc1Cl. The Balaban J connectivity index is 1.73. The van der Waals surface area contributed by atoms with Crippen LogP contribution in [-0.2, 0) is 4.79 Å². The highest BCUT2D eigenvalue weighted by Crippen LogP contribution is 2.41. The standard InChI is InChI=1S/C18H23ClN2O3/c1-3-24-17-7-6-13(8-15(17)19)18(23)21-9-14(12-4-5-12)16(10-21)20-11(2)22/h6-8,12,14,16H,3-5,9-10H2,1-2H3,(H,20,22)/t14-,16+/m1/s1. The first-order chi connectivity index (χ1) is 11.5. The molecule has 1 aliphatic carbocycles. The molecule has 3 rings (SSSR count). The topological polar surface area (TPSA) is 58.6 Å². The second kappa shape index (κ2) is 7.01. The number of amides is 2. The zero-order chi connectivity index (χ0) is 17.3. The van der Waals surface area contributed by atoms with Gasteiger partial charge in [-0.05, 0) is 43.9 Å². The van der Waals surface area contributed by atoms with E-state index in [1.807, 2.05) is 11.8 Å². The van der Waals surface area contributed by atoms with Crippen molar-refractivity contribution >= 4 is 23.4 Å². The lowest BCUT2D eigenvalue weighted by atomic mass is 9.98. The molecule has 1 aliphatic heterocycles. The summed E-state index contributed by atoms with van der Waals surface area (Å²) >= 11 is 6.19. The highest BCUT2D eigenvalue weighted by atomic mass is 35.5. The Bertz CT molecular complexity index is 645. The predicted molar refractivity (Wildman–Crippen MR) is 92.3 cm³/mol. The highest BCUT2D eigenvalue weighted by molar-refractivity contribution is 6.32. The van der Waals surface area contributed by atoms with Crippen LogP contribution in [0.4, 0.5) is 0 Å². The van der Waals surface area contributed by atoms with E-state index >= 15 is 0 Å². The monoisotopic (exact) mass is 350 g/mol. The molecule has 0 radical (unpaired) electrons. The maximum absolute atomic E-state index is 12.8. The van der Waals surface area contributed by atoms with E-state index in [0.29, 0.717) is 47.9 Å². The molecule has 24 heavy (non-hydrogen) atoms. The number of rotatable bonds is 5. The summed E-state index contributed by atoms with van der Waals surface area (Å²) in [4.78, 5) is 26.1. The zero-order valence-corrected chi connectivity index (χ0v) is 14.8. The fraction of sp³-hybridized carbons (Fsp3) is 0.556. The molecule has 1 saturated heterocycles. The van der Waals surface area contributed by atoms with Crippen LogP contribution in [0.5, 0.6) is 5.75 Å². The summed E-state index contributed by atoms with van der Waals surface area (Å²) in [5.41, 5.74) is 0.557. The maximum Gasteiger partial charge on any atom is 0.253 e. The van der Waals surface area contributed by atoms with Crippen LogP contribution in [0.2, 0.25) is 5.02 Å². The van der Waals surface area contributed by atoms with Crippen LogP contribution in [-0.4, -0.2) is 42.5 Å². The van der Waals surface area contributed by atoms with Gasteiger partial charge in [-0.15, -0.1) is 0 Å². The summed E-state index contributed by atoms with van der Waals surface area (Å²) in [7, 11) is 0. The molecule has 0 bridgehead atoms. The Labute approximate surface area is 147 Å². The van der Waals surface area contributed by atoms with Crippen LogP contribution in [0.1, 0.15) is 37.0 Å². The largest absolute Gasteiger partial charge is 0.492 e. The lowest BCUT2D eigenvalue weighted by Gasteiger charge is -2.17. The van der Waals surface area contributed by atoms with Crippen LogP contribution in [0.15, 0.2) is 18.2 Å². The Morgan fingerprint density at radius 2 is 2.08 bits per heavy atom. The lowest BCUT2D eigenvalue weighted by Crippen LogP contribution is -2.40. The molecule has 0 aromatic heterocycles. The third-order valence-corrected chi connectivity index (χ3v) is 5.04. The molecule has 0 unspecified atom stereocenters. The quantitative estimate of drug-likeness (QED) is 0.888. The molecular formula is C18H23ClN2O3. The van der Waals surface area contributed by atoms with Gasteiger partial charge in [0.1, 0.15) is 5.75 Å². The van der Waals surface area contributed by atoms with E-state index in [0.717, 1.165) is 0 Å². The first-order valence-corrected chi connectivity index (χ1v) is 8.86. The molecular weight excluding hydrogens is 328 g/mol. The molecule has 130 valence electrons. The Morgan fingerprint density at radius 1 is 1.33 bits per heavy atom. The Kier molecular flexibility index (Phi) is 4.99. The molecule has 0 spiro atoms. The van der Waals surface area contributed by atoms with Crippen LogP contribution in [0, 0.1) is 11.8 Å². The molecule has 1 N–H and O–H groups in total. The number of hydrogen-bond donors (Lipinski definition) is 1. The molecule has 2 amide bonds. The molecule has 1 saturated carbocycles. The van der Waals surface area contributed by atoms with Gasteiger partial charge in [-0.25, -0.2) is 0 Å². The summed E-state index contributed by atoms with van der Waals surface area (Å²) in [5, 5.41) is 3.45. The van der Waals surface area contributed by atoms with Gasteiger partial charge in [0.25, 0.3) is 5.91 Å². The summed E-state index contributed by atoms with van der Waals surface area (Å²) < 4.78 is 5.41. The molecule has 2 aliphatic rings. The van der Waals surface area contributed by atoms with E-state index in [1.165, 1.54) is 19.8 Å². The molecule has 1 heterocycles. The van der Waals surface area contributed by atoms with Crippen molar-refractivity contribution in [3.8, 4) is 5.75 Å². The van der Waals surface area contributed by atoms with Crippen molar-refractivity contribution in [3.63, 3.8) is 0 Å². The minimum Gasteiger partial charge on any atom is -0.492 e. The van der Waals surface area contributed by atoms with Gasteiger partial charge in [-0.2, -0.15) is 0 Å². The number of hydrogen-bond acceptors (Lipinski definition) is 3. The van der Waals surface area contributed by atoms with Crippen LogP contribution >= 0.6 is 11.6 Å². The van der Waals surface area contributed by atoms with Gasteiger partial charge in [-0.3, -0.25) is 9.59 Å². The van der Waals surface area contributed by atoms with Gasteiger partial charge in [0.2, 0.25) is 5.91 Å². The average Bonchev–Trinajstić information content (AvgIpc) is 3.30. The molecule has 1 aromatic rings. The number of ether oxygens (including phenoxy) is 1. The lowest BCUT2D eigenvalue weighted by molar-refractivity contribution is -0.119. The Morgan fingerprint density at radius 3 is 2.67 bits per heavy atom. The zero-order valence-electron chi connectivity index (χ0n) is 14.0. The Hall–Kier alpha value is -1.75. The number of carbonyl (C=O) groups is 2. The number of benzene rings is 1. The highest BCUT2D eigenvalue weighted by Gasteiger charge is 2.44. The minimum atomic E-state index is -0.0431. The molecule has 1 aromatic carbocycles. The van der Waals surface area contributed by atoms with Gasteiger partial charge in [-0.1, -0.05) is 11.6 Å². The third kappa shape index (κ3) is 3.66. The number of halogens is 1. The normalized spacial score (nSPS) is 23.2. The number of nitrogens with zero attached hydrogens (tertiary/aromatic N) is 1. The van der Waals surface area contributed by atoms with E-state index in [4.69, 9.17) is 16.3 Å². The molecule has 5 nitrogen and oxygen atoms in total. The van der Waals surface area contributed by atoms with Crippen molar-refractivity contribution in [3.05, 3.63) is 28.8 Å². The van der Waals surface area contributed by atoms with Crippen molar-refractivity contribution in [2.45, 2.75) is 32.7 Å². The smallest absolute Gasteiger partial charge is 0.253 e. The predicted octanol–water partition coefficient (Wildman–Crippen LogP) is 2.73. The number of nitrogens with one attached hydrogen (secondary N) is 1. The van der Waals surface area contributed by atoms with Crippen molar-refractivity contribution in [1.29, 1.82) is 0 Å². The van der Waals surface area contributed by atoms with E-state index in [-0.39, 0.29) is 17.9 Å².